The van der Waals surface area contributed by atoms with E-state index < -0.39 is 17.9 Å². The standard InChI is InChI=1S/C21H26N2O5/c1-14(2)19(21(25)23-28-13-15-8-6-5-7-9-15)22-20(24)16-10-17(26-3)12-18(11-16)27-4/h5-12,14,19H,13H2,1-4H3,(H,22,24)(H,23,25)/t19-/m0/s1. The molecule has 2 aromatic rings. The summed E-state index contributed by atoms with van der Waals surface area (Å²) < 4.78 is 10.4. The summed E-state index contributed by atoms with van der Waals surface area (Å²) in [4.78, 5) is 30.4. The van der Waals surface area contributed by atoms with Gasteiger partial charge in [0.1, 0.15) is 17.5 Å². The Bertz CT molecular complexity index is 770. The Morgan fingerprint density at radius 3 is 2.11 bits per heavy atom. The second-order valence-corrected chi connectivity index (χ2v) is 6.54. The molecule has 0 spiro atoms. The van der Waals surface area contributed by atoms with Gasteiger partial charge in [-0.1, -0.05) is 44.2 Å². The van der Waals surface area contributed by atoms with Gasteiger partial charge in [-0.2, -0.15) is 0 Å². The first-order valence-electron chi connectivity index (χ1n) is 8.94. The van der Waals surface area contributed by atoms with Crippen molar-refractivity contribution < 1.29 is 23.9 Å². The second kappa shape index (κ2) is 10.3. The molecule has 1 atom stereocenters. The maximum atomic E-state index is 12.7. The summed E-state index contributed by atoms with van der Waals surface area (Å²) in [5.74, 6) is 0.00233. The van der Waals surface area contributed by atoms with Gasteiger partial charge in [0.2, 0.25) is 0 Å². The maximum absolute atomic E-state index is 12.7. The van der Waals surface area contributed by atoms with Gasteiger partial charge in [-0.15, -0.1) is 0 Å². The molecule has 0 saturated carbocycles. The van der Waals surface area contributed by atoms with E-state index in [2.05, 4.69) is 10.8 Å². The third-order valence-corrected chi connectivity index (χ3v) is 4.10. The van der Waals surface area contributed by atoms with Crippen molar-refractivity contribution in [3.8, 4) is 11.5 Å². The minimum Gasteiger partial charge on any atom is -0.497 e. The molecule has 2 amide bonds. The topological polar surface area (TPSA) is 85.9 Å². The van der Waals surface area contributed by atoms with Crippen LogP contribution in [0.2, 0.25) is 0 Å². The van der Waals surface area contributed by atoms with E-state index in [9.17, 15) is 9.59 Å². The van der Waals surface area contributed by atoms with E-state index in [-0.39, 0.29) is 12.5 Å². The van der Waals surface area contributed by atoms with Gasteiger partial charge in [0.05, 0.1) is 20.8 Å². The van der Waals surface area contributed by atoms with Crippen LogP contribution >= 0.6 is 0 Å². The van der Waals surface area contributed by atoms with Crippen LogP contribution in [-0.4, -0.2) is 32.1 Å². The molecule has 0 aromatic heterocycles. The number of hydrogen-bond donors (Lipinski definition) is 2. The Labute approximate surface area is 164 Å². The normalized spacial score (nSPS) is 11.6. The van der Waals surface area contributed by atoms with Crippen molar-refractivity contribution in [3.05, 3.63) is 59.7 Å². The van der Waals surface area contributed by atoms with Crippen LogP contribution in [0.3, 0.4) is 0 Å². The Morgan fingerprint density at radius 2 is 1.57 bits per heavy atom. The summed E-state index contributed by atoms with van der Waals surface area (Å²) in [5.41, 5.74) is 3.67. The average molecular weight is 386 g/mol. The number of hydroxylamine groups is 1. The average Bonchev–Trinajstić information content (AvgIpc) is 2.71. The number of benzene rings is 2. The van der Waals surface area contributed by atoms with Crippen LogP contribution in [0.1, 0.15) is 29.8 Å². The summed E-state index contributed by atoms with van der Waals surface area (Å²) >= 11 is 0. The van der Waals surface area contributed by atoms with Crippen LogP contribution in [-0.2, 0) is 16.2 Å². The zero-order valence-electron chi connectivity index (χ0n) is 16.5. The number of amides is 2. The number of nitrogens with one attached hydrogen (secondary N) is 2. The molecule has 0 aliphatic rings. The van der Waals surface area contributed by atoms with Gasteiger partial charge in [0.25, 0.3) is 11.8 Å². The number of hydrogen-bond acceptors (Lipinski definition) is 5. The molecule has 2 aromatic carbocycles. The molecule has 2 rings (SSSR count). The molecule has 0 aliphatic heterocycles. The van der Waals surface area contributed by atoms with Crippen molar-refractivity contribution in [1.29, 1.82) is 0 Å². The van der Waals surface area contributed by atoms with E-state index >= 15 is 0 Å². The molecule has 0 heterocycles. The maximum Gasteiger partial charge on any atom is 0.266 e. The lowest BCUT2D eigenvalue weighted by atomic mass is 10.0. The summed E-state index contributed by atoms with van der Waals surface area (Å²) in [6, 6.07) is 13.5. The van der Waals surface area contributed by atoms with E-state index in [0.29, 0.717) is 17.1 Å². The number of carbonyl (C=O) groups excluding carboxylic acids is 2. The molecule has 0 fully saturated rings. The second-order valence-electron chi connectivity index (χ2n) is 6.54. The van der Waals surface area contributed by atoms with Crippen LogP contribution in [0.15, 0.2) is 48.5 Å². The molecule has 0 bridgehead atoms. The molecular weight excluding hydrogens is 360 g/mol. The molecule has 0 radical (unpaired) electrons. The largest absolute Gasteiger partial charge is 0.497 e. The number of ether oxygens (including phenoxy) is 2. The highest BCUT2D eigenvalue weighted by molar-refractivity contribution is 5.98. The number of methoxy groups -OCH3 is 2. The molecule has 150 valence electrons. The van der Waals surface area contributed by atoms with Gasteiger partial charge in [-0.25, -0.2) is 5.48 Å². The van der Waals surface area contributed by atoms with E-state index in [1.165, 1.54) is 14.2 Å². The monoisotopic (exact) mass is 386 g/mol. The lowest BCUT2D eigenvalue weighted by Gasteiger charge is -2.21. The molecule has 0 aliphatic carbocycles. The Hall–Kier alpha value is -3.06. The summed E-state index contributed by atoms with van der Waals surface area (Å²) in [7, 11) is 3.01. The Kier molecular flexibility index (Phi) is 7.83. The lowest BCUT2D eigenvalue weighted by Crippen LogP contribution is -2.49. The minimum absolute atomic E-state index is 0.142. The van der Waals surface area contributed by atoms with Crippen LogP contribution in [0, 0.1) is 5.92 Å². The zero-order chi connectivity index (χ0) is 20.5. The van der Waals surface area contributed by atoms with Crippen LogP contribution in [0.4, 0.5) is 0 Å². The molecule has 0 unspecified atom stereocenters. The van der Waals surface area contributed by atoms with E-state index in [1.807, 2.05) is 44.2 Å². The van der Waals surface area contributed by atoms with Crippen molar-refractivity contribution in [2.75, 3.05) is 14.2 Å². The summed E-state index contributed by atoms with van der Waals surface area (Å²) in [6.45, 7) is 3.92. The number of carbonyl (C=O) groups is 2. The Morgan fingerprint density at radius 1 is 0.964 bits per heavy atom. The highest BCUT2D eigenvalue weighted by Crippen LogP contribution is 2.22. The van der Waals surface area contributed by atoms with Crippen molar-refractivity contribution in [2.24, 2.45) is 5.92 Å². The SMILES string of the molecule is COc1cc(OC)cc(C(=O)N[C@H](C(=O)NOCc2ccccc2)C(C)C)c1. The van der Waals surface area contributed by atoms with Gasteiger partial charge in [-0.3, -0.25) is 14.4 Å². The van der Waals surface area contributed by atoms with Crippen molar-refractivity contribution >= 4 is 11.8 Å². The van der Waals surface area contributed by atoms with Crippen LogP contribution in [0.25, 0.3) is 0 Å². The number of rotatable bonds is 9. The van der Waals surface area contributed by atoms with Gasteiger partial charge in [0.15, 0.2) is 0 Å². The van der Waals surface area contributed by atoms with Gasteiger partial charge in [-0.05, 0) is 23.6 Å². The first-order valence-corrected chi connectivity index (χ1v) is 8.94. The molecule has 0 saturated heterocycles. The fourth-order valence-corrected chi connectivity index (χ4v) is 2.53. The lowest BCUT2D eigenvalue weighted by molar-refractivity contribution is -0.137. The molecular formula is C21H26N2O5. The van der Waals surface area contributed by atoms with Gasteiger partial charge >= 0.3 is 0 Å². The fourth-order valence-electron chi connectivity index (χ4n) is 2.53. The van der Waals surface area contributed by atoms with Crippen molar-refractivity contribution in [1.82, 2.24) is 10.8 Å². The van der Waals surface area contributed by atoms with Crippen molar-refractivity contribution in [3.63, 3.8) is 0 Å². The van der Waals surface area contributed by atoms with E-state index in [4.69, 9.17) is 14.3 Å². The van der Waals surface area contributed by atoms with E-state index in [1.54, 1.807) is 18.2 Å². The summed E-state index contributed by atoms with van der Waals surface area (Å²) in [5, 5.41) is 2.74. The fraction of sp³-hybridized carbons (Fsp3) is 0.333. The predicted octanol–water partition coefficient (Wildman–Crippen LogP) is 2.71. The van der Waals surface area contributed by atoms with Gasteiger partial charge in [0, 0.05) is 11.6 Å². The zero-order valence-corrected chi connectivity index (χ0v) is 16.5. The first kappa shape index (κ1) is 21.2. The molecule has 7 nitrogen and oxygen atoms in total. The molecule has 28 heavy (non-hydrogen) atoms. The third-order valence-electron chi connectivity index (χ3n) is 4.10. The quantitative estimate of drug-likeness (QED) is 0.647. The summed E-state index contributed by atoms with van der Waals surface area (Å²) in [6.07, 6.45) is 0. The van der Waals surface area contributed by atoms with Gasteiger partial charge < -0.3 is 14.8 Å². The predicted molar refractivity (Wildman–Crippen MR) is 105 cm³/mol. The molecule has 7 heteroatoms. The first-order chi connectivity index (χ1) is 13.4. The highest BCUT2D eigenvalue weighted by atomic mass is 16.6. The van der Waals surface area contributed by atoms with Crippen molar-refractivity contribution in [2.45, 2.75) is 26.5 Å². The minimum atomic E-state index is -0.763. The van der Waals surface area contributed by atoms with Crippen LogP contribution in [0.5, 0.6) is 11.5 Å². The smallest absolute Gasteiger partial charge is 0.266 e. The molecule has 2 N–H and O–H groups in total. The van der Waals surface area contributed by atoms with Crippen LogP contribution < -0.4 is 20.3 Å². The highest BCUT2D eigenvalue weighted by Gasteiger charge is 2.25. The Balaban J connectivity index is 2.01. The third kappa shape index (κ3) is 5.99. The van der Waals surface area contributed by atoms with E-state index in [0.717, 1.165) is 5.56 Å².